The van der Waals surface area contributed by atoms with Crippen molar-refractivity contribution in [2.45, 2.75) is 26.8 Å². The molecule has 0 aliphatic heterocycles. The quantitative estimate of drug-likeness (QED) is 0.420. The van der Waals surface area contributed by atoms with Crippen LogP contribution in [0.2, 0.25) is 10.0 Å². The number of carbonyl (C=O) groups is 2. The van der Waals surface area contributed by atoms with Crippen molar-refractivity contribution >= 4 is 56.8 Å². The fourth-order valence-corrected chi connectivity index (χ4v) is 3.62. The Morgan fingerprint density at radius 2 is 1.93 bits per heavy atom. The molecular weight excluding hydrogens is 411 g/mol. The summed E-state index contributed by atoms with van der Waals surface area (Å²) in [7, 11) is 0. The lowest BCUT2D eigenvalue weighted by Gasteiger charge is -2.09. The van der Waals surface area contributed by atoms with Crippen LogP contribution in [0, 0.1) is 5.92 Å². The number of rotatable bonds is 6. The van der Waals surface area contributed by atoms with Crippen molar-refractivity contribution in [3.63, 3.8) is 0 Å². The number of nitrogens with zero attached hydrogens (tertiary/aromatic N) is 3. The maximum absolute atomic E-state index is 12.7. The molecule has 1 N–H and O–H groups in total. The first-order valence-electron chi connectivity index (χ1n) is 9.22. The molecule has 2 heterocycles. The van der Waals surface area contributed by atoms with E-state index in [4.69, 9.17) is 23.2 Å². The number of hydrogen-bond acceptors (Lipinski definition) is 4. The highest BCUT2D eigenvalue weighted by molar-refractivity contribution is 6.35. The van der Waals surface area contributed by atoms with Gasteiger partial charge >= 0.3 is 0 Å². The van der Waals surface area contributed by atoms with Gasteiger partial charge in [-0.05, 0) is 30.3 Å². The van der Waals surface area contributed by atoms with Crippen LogP contribution in [0.15, 0.2) is 36.4 Å². The van der Waals surface area contributed by atoms with Crippen LogP contribution in [0.25, 0.3) is 22.1 Å². The van der Waals surface area contributed by atoms with Gasteiger partial charge in [-0.3, -0.25) is 9.59 Å². The molecule has 2 aromatic carbocycles. The molecule has 0 bridgehead atoms. The summed E-state index contributed by atoms with van der Waals surface area (Å²) in [6.45, 7) is 3.94. The minimum Gasteiger partial charge on any atom is -0.335 e. The molecule has 0 fully saturated rings. The molecule has 6 nitrogen and oxygen atoms in total. The van der Waals surface area contributed by atoms with E-state index in [2.05, 4.69) is 15.0 Å². The zero-order valence-electron chi connectivity index (χ0n) is 15.9. The van der Waals surface area contributed by atoms with E-state index < -0.39 is 0 Å². The highest BCUT2D eigenvalue weighted by Crippen LogP contribution is 2.24. The Hall–Kier alpha value is -2.70. The molecule has 4 rings (SSSR count). The van der Waals surface area contributed by atoms with Crippen LogP contribution in [0.5, 0.6) is 0 Å². The van der Waals surface area contributed by atoms with Gasteiger partial charge in [0.2, 0.25) is 5.78 Å². The average Bonchev–Trinajstić information content (AvgIpc) is 3.27. The number of fused-ring (bicyclic) bond motifs is 2. The fraction of sp³-hybridized carbons (Fsp3) is 0.238. The molecule has 29 heavy (non-hydrogen) atoms. The number of Topliss-reactive ketones (excluding diaryl/α,β-unsaturated/α-hetero) is 2. The van der Waals surface area contributed by atoms with E-state index in [9.17, 15) is 9.59 Å². The number of para-hydroxylation sites is 1. The third-order valence-electron chi connectivity index (χ3n) is 4.75. The monoisotopic (exact) mass is 428 g/mol. The molecule has 8 heteroatoms. The molecule has 148 valence electrons. The van der Waals surface area contributed by atoms with Crippen molar-refractivity contribution < 1.29 is 9.59 Å². The van der Waals surface area contributed by atoms with E-state index in [1.165, 1.54) is 0 Å². The van der Waals surface area contributed by atoms with Crippen LogP contribution < -0.4 is 0 Å². The van der Waals surface area contributed by atoms with Gasteiger partial charge < -0.3 is 9.55 Å². The maximum Gasteiger partial charge on any atom is 0.200 e. The number of carbonyl (C=O) groups excluding carboxylic acids is 2. The van der Waals surface area contributed by atoms with Crippen LogP contribution in [-0.4, -0.2) is 31.1 Å². The van der Waals surface area contributed by atoms with Crippen molar-refractivity contribution in [1.29, 1.82) is 0 Å². The summed E-state index contributed by atoms with van der Waals surface area (Å²) in [6.07, 6.45) is 0.157. The van der Waals surface area contributed by atoms with Gasteiger partial charge in [-0.15, -0.1) is 0 Å². The minimum absolute atomic E-state index is 0.0831. The van der Waals surface area contributed by atoms with Crippen molar-refractivity contribution in [2.75, 3.05) is 0 Å². The van der Waals surface area contributed by atoms with Crippen LogP contribution in [0.1, 0.15) is 41.5 Å². The van der Waals surface area contributed by atoms with E-state index >= 15 is 0 Å². The number of imidazole rings is 2. The van der Waals surface area contributed by atoms with Crippen LogP contribution in [-0.2, 0) is 6.54 Å². The van der Waals surface area contributed by atoms with Crippen LogP contribution >= 0.6 is 23.2 Å². The van der Waals surface area contributed by atoms with Gasteiger partial charge in [0.15, 0.2) is 17.4 Å². The fourth-order valence-electron chi connectivity index (χ4n) is 3.24. The number of aromatic amines is 1. The summed E-state index contributed by atoms with van der Waals surface area (Å²) >= 11 is 12.2. The first-order valence-corrected chi connectivity index (χ1v) is 9.98. The smallest absolute Gasteiger partial charge is 0.200 e. The van der Waals surface area contributed by atoms with Gasteiger partial charge in [0.25, 0.3) is 0 Å². The normalized spacial score (nSPS) is 11.6. The second-order valence-corrected chi connectivity index (χ2v) is 7.98. The van der Waals surface area contributed by atoms with E-state index in [-0.39, 0.29) is 29.7 Å². The Bertz CT molecular complexity index is 1260. The first kappa shape index (κ1) is 19.6. The highest BCUT2D eigenvalue weighted by atomic mass is 35.5. The Kier molecular flexibility index (Phi) is 5.15. The molecule has 2 aromatic heterocycles. The van der Waals surface area contributed by atoms with Crippen molar-refractivity contribution in [3.05, 3.63) is 58.1 Å². The number of H-pyrrole nitrogens is 1. The molecule has 0 aliphatic rings. The minimum atomic E-state index is -0.214. The topological polar surface area (TPSA) is 80.6 Å². The maximum atomic E-state index is 12.7. The van der Waals surface area contributed by atoms with Crippen LogP contribution in [0.4, 0.5) is 0 Å². The second kappa shape index (κ2) is 7.61. The predicted octanol–water partition coefficient (Wildman–Crippen LogP) is 5.33. The van der Waals surface area contributed by atoms with Gasteiger partial charge in [0.05, 0.1) is 21.6 Å². The Balaban J connectivity index is 1.66. The second-order valence-electron chi connectivity index (χ2n) is 7.13. The number of ketones is 2. The number of aryl methyl sites for hydroxylation is 1. The molecule has 0 saturated carbocycles. The molecule has 0 spiro atoms. The van der Waals surface area contributed by atoms with Gasteiger partial charge in [-0.2, -0.15) is 0 Å². The van der Waals surface area contributed by atoms with Crippen molar-refractivity contribution in [3.8, 4) is 0 Å². The summed E-state index contributed by atoms with van der Waals surface area (Å²) in [6, 6.07) is 10.6. The summed E-state index contributed by atoms with van der Waals surface area (Å²) in [5.41, 5.74) is 2.67. The molecule has 0 radical (unpaired) electrons. The lowest BCUT2D eigenvalue weighted by atomic mass is 10.1. The summed E-state index contributed by atoms with van der Waals surface area (Å²) < 4.78 is 1.78. The average molecular weight is 429 g/mol. The number of nitrogens with one attached hydrogen (secondary N) is 1. The summed E-state index contributed by atoms with van der Waals surface area (Å²) in [4.78, 5) is 37.2. The molecule has 0 amide bonds. The number of aromatic nitrogens is 4. The zero-order chi connectivity index (χ0) is 20.7. The van der Waals surface area contributed by atoms with Crippen LogP contribution in [0.3, 0.4) is 0 Å². The Morgan fingerprint density at radius 3 is 2.66 bits per heavy atom. The Morgan fingerprint density at radius 1 is 1.14 bits per heavy atom. The van der Waals surface area contributed by atoms with Crippen molar-refractivity contribution in [2.24, 2.45) is 5.92 Å². The number of benzene rings is 2. The molecule has 0 aliphatic carbocycles. The predicted molar refractivity (Wildman–Crippen MR) is 114 cm³/mol. The highest BCUT2D eigenvalue weighted by Gasteiger charge is 2.21. The van der Waals surface area contributed by atoms with Gasteiger partial charge in [0, 0.05) is 23.9 Å². The molecule has 4 aromatic rings. The first-order chi connectivity index (χ1) is 13.8. The summed E-state index contributed by atoms with van der Waals surface area (Å²) in [5, 5.41) is 1.03. The van der Waals surface area contributed by atoms with Gasteiger partial charge in [-0.25, -0.2) is 9.97 Å². The van der Waals surface area contributed by atoms with Crippen molar-refractivity contribution in [1.82, 2.24) is 19.5 Å². The van der Waals surface area contributed by atoms with E-state index in [0.717, 1.165) is 5.52 Å². The SMILES string of the molecule is CC(C)C(=O)c1nc2cc(Cl)ccc2n1CCC(=O)c1nc2c(Cl)cccc2[nH]1. The lowest BCUT2D eigenvalue weighted by molar-refractivity contribution is 0.0916. The molecule has 0 atom stereocenters. The molecule has 0 unspecified atom stereocenters. The standard InChI is InChI=1S/C21H18Cl2N4O2/c1-11(2)19(29)21-25-15-10-12(22)6-7-16(15)27(21)9-8-17(28)20-24-14-5-3-4-13(23)18(14)26-20/h3-7,10-11H,8-9H2,1-2H3,(H,24,26). The van der Waals surface area contributed by atoms with Gasteiger partial charge in [0.1, 0.15) is 5.52 Å². The van der Waals surface area contributed by atoms with Gasteiger partial charge in [-0.1, -0.05) is 43.1 Å². The van der Waals surface area contributed by atoms with E-state index in [1.54, 1.807) is 28.8 Å². The molecular formula is C21H18Cl2N4O2. The summed E-state index contributed by atoms with van der Waals surface area (Å²) in [5.74, 6) is 0.112. The van der Waals surface area contributed by atoms with E-state index in [1.807, 2.05) is 26.0 Å². The third kappa shape index (κ3) is 3.66. The Labute approximate surface area is 176 Å². The number of hydrogen-bond donors (Lipinski definition) is 1. The number of halogens is 2. The lowest BCUT2D eigenvalue weighted by Crippen LogP contribution is -2.17. The third-order valence-corrected chi connectivity index (χ3v) is 5.29. The molecule has 0 saturated heterocycles. The zero-order valence-corrected chi connectivity index (χ0v) is 17.4. The largest absolute Gasteiger partial charge is 0.335 e. The van der Waals surface area contributed by atoms with E-state index in [0.29, 0.717) is 39.0 Å².